The molecule has 0 bridgehead atoms. The van der Waals surface area contributed by atoms with Crippen LogP contribution in [0.15, 0.2) is 0 Å². The molecular weight excluding hydrogens is 252 g/mol. The summed E-state index contributed by atoms with van der Waals surface area (Å²) in [6.45, 7) is 8.28. The van der Waals surface area contributed by atoms with Crippen molar-refractivity contribution in [3.63, 3.8) is 0 Å². The first-order valence-electron chi connectivity index (χ1n) is 8.08. The molecule has 2 rings (SSSR count). The van der Waals surface area contributed by atoms with Gasteiger partial charge in [0, 0.05) is 6.04 Å². The molecule has 4 nitrogen and oxygen atoms in total. The maximum atomic E-state index is 12.8. The number of nitrogens with one attached hydrogen (secondary N) is 1. The summed E-state index contributed by atoms with van der Waals surface area (Å²) in [5, 5.41) is 2.93. The van der Waals surface area contributed by atoms with Crippen molar-refractivity contribution >= 4 is 11.8 Å². The van der Waals surface area contributed by atoms with Crippen molar-refractivity contribution in [3.8, 4) is 0 Å². The lowest BCUT2D eigenvalue weighted by Gasteiger charge is -2.46. The Morgan fingerprint density at radius 2 is 1.90 bits per heavy atom. The third-order valence-electron chi connectivity index (χ3n) is 4.87. The Morgan fingerprint density at radius 3 is 2.35 bits per heavy atom. The molecule has 2 amide bonds. The molecule has 1 N–H and O–H groups in total. The summed E-state index contributed by atoms with van der Waals surface area (Å²) in [7, 11) is 0. The Morgan fingerprint density at radius 1 is 1.25 bits per heavy atom. The van der Waals surface area contributed by atoms with E-state index in [0.29, 0.717) is 18.3 Å². The normalized spacial score (nSPS) is 29.4. The molecule has 0 spiro atoms. The predicted octanol–water partition coefficient (Wildman–Crippen LogP) is 2.33. The van der Waals surface area contributed by atoms with Crippen LogP contribution >= 0.6 is 0 Å². The van der Waals surface area contributed by atoms with Crippen LogP contribution in [0.4, 0.5) is 0 Å². The zero-order valence-corrected chi connectivity index (χ0v) is 13.2. The highest BCUT2D eigenvalue weighted by Gasteiger charge is 2.44. The Labute approximate surface area is 122 Å². The van der Waals surface area contributed by atoms with Gasteiger partial charge in [0.05, 0.1) is 0 Å². The topological polar surface area (TPSA) is 49.4 Å². The number of carbonyl (C=O) groups is 2. The zero-order chi connectivity index (χ0) is 14.9. The molecule has 1 heterocycles. The van der Waals surface area contributed by atoms with Crippen molar-refractivity contribution < 1.29 is 9.59 Å². The molecule has 0 radical (unpaired) electrons. The van der Waals surface area contributed by atoms with E-state index < -0.39 is 0 Å². The van der Waals surface area contributed by atoms with E-state index in [1.807, 2.05) is 11.8 Å². The van der Waals surface area contributed by atoms with E-state index in [-0.39, 0.29) is 29.9 Å². The van der Waals surface area contributed by atoms with Gasteiger partial charge >= 0.3 is 0 Å². The number of amides is 2. The van der Waals surface area contributed by atoms with Crippen LogP contribution in [0.3, 0.4) is 0 Å². The summed E-state index contributed by atoms with van der Waals surface area (Å²) in [6, 6.07) is -0.406. The monoisotopic (exact) mass is 280 g/mol. The third kappa shape index (κ3) is 2.84. The molecule has 4 heteroatoms. The van der Waals surface area contributed by atoms with Gasteiger partial charge in [0.15, 0.2) is 0 Å². The van der Waals surface area contributed by atoms with E-state index in [9.17, 15) is 9.59 Å². The molecule has 2 aliphatic rings. The molecule has 3 atom stereocenters. The van der Waals surface area contributed by atoms with E-state index >= 15 is 0 Å². The van der Waals surface area contributed by atoms with Crippen molar-refractivity contribution in [1.29, 1.82) is 0 Å². The standard InChI is InChI=1S/C16H28N2O2/c1-5-14-15(19)17-13(9-10(2)3)16(20)18(14)11(4)12-7-6-8-12/h10-14H,5-9H2,1-4H3,(H,17,19). The molecule has 1 saturated carbocycles. The van der Waals surface area contributed by atoms with Crippen molar-refractivity contribution in [3.05, 3.63) is 0 Å². The molecule has 0 aromatic heterocycles. The van der Waals surface area contributed by atoms with Crippen molar-refractivity contribution in [2.75, 3.05) is 0 Å². The number of piperazine rings is 1. The first-order chi connectivity index (χ1) is 9.45. The van der Waals surface area contributed by atoms with Gasteiger partial charge in [-0.1, -0.05) is 27.2 Å². The minimum atomic E-state index is -0.326. The number of hydrogen-bond acceptors (Lipinski definition) is 2. The van der Waals surface area contributed by atoms with Gasteiger partial charge in [-0.25, -0.2) is 0 Å². The van der Waals surface area contributed by atoms with Crippen molar-refractivity contribution in [2.45, 2.75) is 77.9 Å². The minimum absolute atomic E-state index is 0.0314. The summed E-state index contributed by atoms with van der Waals surface area (Å²) in [4.78, 5) is 27.0. The summed E-state index contributed by atoms with van der Waals surface area (Å²) in [6.07, 6.45) is 5.07. The van der Waals surface area contributed by atoms with Crippen molar-refractivity contribution in [1.82, 2.24) is 10.2 Å². The maximum absolute atomic E-state index is 12.8. The van der Waals surface area contributed by atoms with E-state index in [1.54, 1.807) is 0 Å². The molecule has 0 aromatic carbocycles. The molecule has 114 valence electrons. The van der Waals surface area contributed by atoms with Gasteiger partial charge in [-0.3, -0.25) is 9.59 Å². The first-order valence-corrected chi connectivity index (χ1v) is 8.08. The van der Waals surface area contributed by atoms with Gasteiger partial charge in [0.25, 0.3) is 0 Å². The van der Waals surface area contributed by atoms with E-state index in [2.05, 4.69) is 26.1 Å². The highest BCUT2D eigenvalue weighted by Crippen LogP contribution is 2.34. The van der Waals surface area contributed by atoms with E-state index in [0.717, 1.165) is 6.42 Å². The molecule has 1 saturated heterocycles. The molecule has 3 unspecified atom stereocenters. The number of nitrogens with zero attached hydrogens (tertiary/aromatic N) is 1. The summed E-state index contributed by atoms with van der Waals surface area (Å²) in [5.41, 5.74) is 0. The Kier molecular flexibility index (Phi) is 4.71. The highest BCUT2D eigenvalue weighted by molar-refractivity contribution is 5.97. The lowest BCUT2D eigenvalue weighted by Crippen LogP contribution is -2.66. The lowest BCUT2D eigenvalue weighted by molar-refractivity contribution is -0.154. The Bertz CT molecular complexity index is 377. The van der Waals surface area contributed by atoms with Crippen LogP contribution < -0.4 is 5.32 Å². The maximum Gasteiger partial charge on any atom is 0.246 e. The van der Waals surface area contributed by atoms with Crippen LogP contribution in [-0.4, -0.2) is 34.8 Å². The quantitative estimate of drug-likeness (QED) is 0.840. The smallest absolute Gasteiger partial charge is 0.246 e. The van der Waals surface area contributed by atoms with Crippen LogP contribution in [0.1, 0.15) is 59.8 Å². The Hall–Kier alpha value is -1.06. The average molecular weight is 280 g/mol. The molecule has 0 aromatic rings. The minimum Gasteiger partial charge on any atom is -0.342 e. The average Bonchev–Trinajstić information content (AvgIpc) is 2.29. The van der Waals surface area contributed by atoms with Crippen LogP contribution in [-0.2, 0) is 9.59 Å². The third-order valence-corrected chi connectivity index (χ3v) is 4.87. The summed E-state index contributed by atoms with van der Waals surface area (Å²) < 4.78 is 0. The van der Waals surface area contributed by atoms with E-state index in [1.165, 1.54) is 19.3 Å². The van der Waals surface area contributed by atoms with Crippen LogP contribution in [0, 0.1) is 11.8 Å². The molecule has 2 fully saturated rings. The van der Waals surface area contributed by atoms with Gasteiger partial charge < -0.3 is 10.2 Å². The second-order valence-corrected chi connectivity index (χ2v) is 6.79. The number of hydrogen-bond donors (Lipinski definition) is 1. The fourth-order valence-corrected chi connectivity index (χ4v) is 3.44. The van der Waals surface area contributed by atoms with Gasteiger partial charge in [0.2, 0.25) is 11.8 Å². The molecule has 1 aliphatic heterocycles. The molecular formula is C16H28N2O2. The number of carbonyl (C=O) groups excluding carboxylic acids is 2. The van der Waals surface area contributed by atoms with Gasteiger partial charge in [-0.05, 0) is 44.4 Å². The fraction of sp³-hybridized carbons (Fsp3) is 0.875. The Balaban J connectivity index is 2.17. The molecule has 20 heavy (non-hydrogen) atoms. The lowest BCUT2D eigenvalue weighted by atomic mass is 9.78. The largest absolute Gasteiger partial charge is 0.342 e. The second kappa shape index (κ2) is 6.15. The zero-order valence-electron chi connectivity index (χ0n) is 13.2. The SMILES string of the molecule is CCC1C(=O)NC(CC(C)C)C(=O)N1C(C)C1CCC1. The first kappa shape index (κ1) is 15.3. The number of rotatable bonds is 5. The van der Waals surface area contributed by atoms with Crippen LogP contribution in [0.5, 0.6) is 0 Å². The van der Waals surface area contributed by atoms with Gasteiger partial charge in [0.1, 0.15) is 12.1 Å². The molecule has 1 aliphatic carbocycles. The predicted molar refractivity (Wildman–Crippen MR) is 79.1 cm³/mol. The van der Waals surface area contributed by atoms with Crippen molar-refractivity contribution in [2.24, 2.45) is 11.8 Å². The van der Waals surface area contributed by atoms with E-state index in [4.69, 9.17) is 0 Å². The summed E-state index contributed by atoms with van der Waals surface area (Å²) >= 11 is 0. The second-order valence-electron chi connectivity index (χ2n) is 6.79. The highest BCUT2D eigenvalue weighted by atomic mass is 16.2. The fourth-order valence-electron chi connectivity index (χ4n) is 3.44. The van der Waals surface area contributed by atoms with Crippen LogP contribution in [0.25, 0.3) is 0 Å². The van der Waals surface area contributed by atoms with Crippen LogP contribution in [0.2, 0.25) is 0 Å². The van der Waals surface area contributed by atoms with Gasteiger partial charge in [-0.15, -0.1) is 0 Å². The van der Waals surface area contributed by atoms with Gasteiger partial charge in [-0.2, -0.15) is 0 Å². The summed E-state index contributed by atoms with van der Waals surface area (Å²) in [5.74, 6) is 1.15.